The molecule has 1 fully saturated rings. The molecule has 0 aromatic heterocycles. The van der Waals surface area contributed by atoms with Gasteiger partial charge in [-0.1, -0.05) is 27.5 Å². The third kappa shape index (κ3) is 4.18. The molecule has 0 saturated carbocycles. The lowest BCUT2D eigenvalue weighted by Crippen LogP contribution is -2.42. The summed E-state index contributed by atoms with van der Waals surface area (Å²) in [5, 5.41) is 9.57. The van der Waals surface area contributed by atoms with E-state index in [1.54, 1.807) is 12.1 Å². The molecule has 1 saturated heterocycles. The number of rotatable bonds is 4. The molecule has 8 heteroatoms. The molecule has 1 unspecified atom stereocenters. The van der Waals surface area contributed by atoms with Crippen LogP contribution < -0.4 is 0 Å². The van der Waals surface area contributed by atoms with Crippen LogP contribution >= 0.6 is 27.5 Å². The van der Waals surface area contributed by atoms with Crippen LogP contribution in [0.5, 0.6) is 0 Å². The van der Waals surface area contributed by atoms with E-state index in [2.05, 4.69) is 15.9 Å². The van der Waals surface area contributed by atoms with E-state index in [4.69, 9.17) is 16.7 Å². The van der Waals surface area contributed by atoms with Gasteiger partial charge in [0.25, 0.3) is 5.91 Å². The average molecular weight is 397 g/mol. The first kappa shape index (κ1) is 16.7. The van der Waals surface area contributed by atoms with Crippen molar-refractivity contribution >= 4 is 43.3 Å². The molecule has 21 heavy (non-hydrogen) atoms. The zero-order valence-electron chi connectivity index (χ0n) is 11.1. The number of benzene rings is 1. The smallest absolute Gasteiger partial charge is 0.254 e. The zero-order valence-corrected chi connectivity index (χ0v) is 14.3. The highest BCUT2D eigenvalue weighted by Crippen LogP contribution is 2.24. The van der Waals surface area contributed by atoms with Gasteiger partial charge in [-0.25, -0.2) is 8.42 Å². The summed E-state index contributed by atoms with van der Waals surface area (Å²) in [6.07, 6.45) is 0.399. The Hall–Kier alpha value is -0.630. The molecule has 1 N–H and O–H groups in total. The molecule has 116 valence electrons. The van der Waals surface area contributed by atoms with E-state index in [0.717, 1.165) is 0 Å². The molecule has 0 spiro atoms. The third-order valence-electron chi connectivity index (χ3n) is 3.36. The predicted octanol–water partition coefficient (Wildman–Crippen LogP) is 1.72. The first-order chi connectivity index (χ1) is 9.82. The van der Waals surface area contributed by atoms with Crippen molar-refractivity contribution in [3.05, 3.63) is 33.3 Å². The monoisotopic (exact) mass is 395 g/mol. The van der Waals surface area contributed by atoms with Crippen molar-refractivity contribution < 1.29 is 18.3 Å². The summed E-state index contributed by atoms with van der Waals surface area (Å²) in [7, 11) is -3.10. The van der Waals surface area contributed by atoms with Gasteiger partial charge in [-0.05, 0) is 24.6 Å². The molecule has 5 nitrogen and oxygen atoms in total. The highest BCUT2D eigenvalue weighted by molar-refractivity contribution is 9.10. The number of hydrogen-bond donors (Lipinski definition) is 1. The predicted molar refractivity (Wildman–Crippen MR) is 84.3 cm³/mol. The van der Waals surface area contributed by atoms with E-state index >= 15 is 0 Å². The molecular weight excluding hydrogens is 382 g/mol. The summed E-state index contributed by atoms with van der Waals surface area (Å²) in [6.45, 7) is -0.118. The van der Waals surface area contributed by atoms with Gasteiger partial charge in [0, 0.05) is 27.6 Å². The minimum Gasteiger partial charge on any atom is -0.395 e. The molecule has 1 aliphatic rings. The first-order valence-electron chi connectivity index (χ1n) is 6.41. The van der Waals surface area contributed by atoms with Crippen molar-refractivity contribution in [3.63, 3.8) is 0 Å². The molecule has 1 aromatic carbocycles. The Kier molecular flexibility index (Phi) is 5.29. The fraction of sp³-hybridized carbons (Fsp3) is 0.462. The van der Waals surface area contributed by atoms with E-state index < -0.39 is 15.9 Å². The number of aliphatic hydroxyl groups is 1. The number of carbonyl (C=O) groups is 1. The van der Waals surface area contributed by atoms with Crippen molar-refractivity contribution in [2.75, 3.05) is 24.7 Å². The number of sulfone groups is 1. The van der Waals surface area contributed by atoms with Gasteiger partial charge in [0.2, 0.25) is 0 Å². The molecule has 1 aromatic rings. The van der Waals surface area contributed by atoms with Gasteiger partial charge < -0.3 is 10.0 Å². The van der Waals surface area contributed by atoms with E-state index in [0.29, 0.717) is 21.5 Å². The summed E-state index contributed by atoms with van der Waals surface area (Å²) < 4.78 is 23.8. The Bertz CT molecular complexity index is 629. The largest absolute Gasteiger partial charge is 0.395 e. The second-order valence-electron chi connectivity index (χ2n) is 4.94. The molecule has 1 amide bonds. The van der Waals surface area contributed by atoms with Crippen LogP contribution in [0.25, 0.3) is 0 Å². The van der Waals surface area contributed by atoms with Gasteiger partial charge in [0.15, 0.2) is 9.84 Å². The van der Waals surface area contributed by atoms with Gasteiger partial charge in [-0.2, -0.15) is 0 Å². The molecule has 1 aliphatic heterocycles. The summed E-state index contributed by atoms with van der Waals surface area (Å²) in [5.74, 6) is -0.304. The van der Waals surface area contributed by atoms with E-state index in [1.807, 2.05) is 0 Å². The Morgan fingerprint density at radius 3 is 2.67 bits per heavy atom. The molecule has 0 radical (unpaired) electrons. The minimum atomic E-state index is -3.10. The van der Waals surface area contributed by atoms with Crippen LogP contribution in [-0.2, 0) is 9.84 Å². The lowest BCUT2D eigenvalue weighted by atomic mass is 10.1. The second kappa shape index (κ2) is 6.64. The van der Waals surface area contributed by atoms with Gasteiger partial charge >= 0.3 is 0 Å². The van der Waals surface area contributed by atoms with E-state index in [1.165, 1.54) is 11.0 Å². The van der Waals surface area contributed by atoms with E-state index in [-0.39, 0.29) is 30.6 Å². The van der Waals surface area contributed by atoms with Crippen LogP contribution in [0.3, 0.4) is 0 Å². The number of aliphatic hydroxyl groups excluding tert-OH is 1. The van der Waals surface area contributed by atoms with Crippen LogP contribution in [0.4, 0.5) is 0 Å². The van der Waals surface area contributed by atoms with Crippen LogP contribution in [-0.4, -0.2) is 55.0 Å². The third-order valence-corrected chi connectivity index (χ3v) is 5.79. The lowest BCUT2D eigenvalue weighted by molar-refractivity contribution is 0.0655. The maximum atomic E-state index is 12.6. The number of nitrogens with zero attached hydrogens (tertiary/aromatic N) is 1. The Balaban J connectivity index is 2.27. The Morgan fingerprint density at radius 1 is 1.43 bits per heavy atom. The number of carbonyl (C=O) groups excluding carboxylic acids is 1. The van der Waals surface area contributed by atoms with Crippen LogP contribution in [0.2, 0.25) is 5.02 Å². The molecule has 1 heterocycles. The summed E-state index contributed by atoms with van der Waals surface area (Å²) in [6, 6.07) is 4.42. The minimum absolute atomic E-state index is 0.0551. The van der Waals surface area contributed by atoms with Gasteiger partial charge in [0.1, 0.15) is 0 Å². The van der Waals surface area contributed by atoms with Crippen LogP contribution in [0.15, 0.2) is 22.7 Å². The van der Waals surface area contributed by atoms with Crippen molar-refractivity contribution in [3.8, 4) is 0 Å². The fourth-order valence-corrected chi connectivity index (χ4v) is 5.01. The summed E-state index contributed by atoms with van der Waals surface area (Å²) in [5.41, 5.74) is 0.368. The molecular formula is C13H15BrClNO4S. The molecule has 1 atom stereocenters. The highest BCUT2D eigenvalue weighted by Gasteiger charge is 2.34. The normalized spacial score (nSPS) is 20.4. The topological polar surface area (TPSA) is 74.7 Å². The zero-order chi connectivity index (χ0) is 15.6. The van der Waals surface area contributed by atoms with Gasteiger partial charge in [-0.3, -0.25) is 4.79 Å². The van der Waals surface area contributed by atoms with Crippen molar-refractivity contribution in [2.45, 2.75) is 12.5 Å². The highest BCUT2D eigenvalue weighted by atomic mass is 79.9. The average Bonchev–Trinajstić information content (AvgIpc) is 2.74. The SMILES string of the molecule is O=C(c1cc(Cl)cc(Br)c1)N(CCO)C1CCS(=O)(=O)C1. The van der Waals surface area contributed by atoms with Crippen LogP contribution in [0.1, 0.15) is 16.8 Å². The number of hydrogen-bond acceptors (Lipinski definition) is 4. The van der Waals surface area contributed by atoms with E-state index in [9.17, 15) is 13.2 Å². The molecule has 2 rings (SSSR count). The Morgan fingerprint density at radius 2 is 2.14 bits per heavy atom. The maximum absolute atomic E-state index is 12.6. The summed E-state index contributed by atoms with van der Waals surface area (Å²) in [4.78, 5) is 14.0. The van der Waals surface area contributed by atoms with Gasteiger partial charge in [-0.15, -0.1) is 0 Å². The van der Waals surface area contributed by atoms with Crippen molar-refractivity contribution in [1.82, 2.24) is 4.90 Å². The molecule has 0 bridgehead atoms. The lowest BCUT2D eigenvalue weighted by Gasteiger charge is -2.27. The quantitative estimate of drug-likeness (QED) is 0.841. The second-order valence-corrected chi connectivity index (χ2v) is 8.52. The van der Waals surface area contributed by atoms with Gasteiger partial charge in [0.05, 0.1) is 18.1 Å². The first-order valence-corrected chi connectivity index (χ1v) is 9.40. The Labute approximate surface area is 136 Å². The standard InChI is InChI=1S/C13H15BrClNO4S/c14-10-5-9(6-11(15)7-10)13(18)16(2-3-17)12-1-4-21(19,20)8-12/h5-7,12,17H,1-4,8H2. The maximum Gasteiger partial charge on any atom is 0.254 e. The van der Waals surface area contributed by atoms with Crippen LogP contribution in [0, 0.1) is 0 Å². The number of halogens is 2. The fourth-order valence-electron chi connectivity index (χ4n) is 2.42. The molecule has 0 aliphatic carbocycles. The summed E-state index contributed by atoms with van der Waals surface area (Å²) >= 11 is 9.21. The van der Waals surface area contributed by atoms with Crippen molar-refractivity contribution in [2.24, 2.45) is 0 Å². The number of amides is 1. The van der Waals surface area contributed by atoms with Crippen molar-refractivity contribution in [1.29, 1.82) is 0 Å².